The van der Waals surface area contributed by atoms with Gasteiger partial charge in [-0.05, 0) is 13.0 Å². The van der Waals surface area contributed by atoms with Gasteiger partial charge in [0.15, 0.2) is 0 Å². The van der Waals surface area contributed by atoms with E-state index in [4.69, 9.17) is 0 Å². The Morgan fingerprint density at radius 2 is 1.95 bits per heavy atom. The lowest BCUT2D eigenvalue weighted by Crippen LogP contribution is -2.39. The van der Waals surface area contributed by atoms with Crippen molar-refractivity contribution in [1.29, 1.82) is 0 Å². The molecule has 0 aliphatic rings. The van der Waals surface area contributed by atoms with Crippen LogP contribution in [-0.4, -0.2) is 25.2 Å². The summed E-state index contributed by atoms with van der Waals surface area (Å²) in [4.78, 5) is 11.1. The molecule has 0 aliphatic carbocycles. The maximum Gasteiger partial charge on any atom is 0.405 e. The molecule has 1 aromatic carbocycles. The summed E-state index contributed by atoms with van der Waals surface area (Å²) in [6.45, 7) is -0.0668. The number of hydrogen-bond acceptors (Lipinski definition) is 2. The molecule has 1 amide bonds. The van der Waals surface area contributed by atoms with E-state index in [0.717, 1.165) is 0 Å². The first-order chi connectivity index (χ1) is 8.79. The lowest BCUT2D eigenvalue weighted by Gasteiger charge is -2.15. The fourth-order valence-corrected chi connectivity index (χ4v) is 1.44. The minimum absolute atomic E-state index is 0.314. The lowest BCUT2D eigenvalue weighted by molar-refractivity contribution is -0.137. The van der Waals surface area contributed by atoms with Crippen molar-refractivity contribution in [2.75, 3.05) is 13.1 Å². The molecule has 1 atom stereocenters. The van der Waals surface area contributed by atoms with E-state index < -0.39 is 30.5 Å². The van der Waals surface area contributed by atoms with Gasteiger partial charge in [-0.3, -0.25) is 4.79 Å². The van der Waals surface area contributed by atoms with Gasteiger partial charge in [0.1, 0.15) is 12.4 Å². The van der Waals surface area contributed by atoms with E-state index in [1.54, 1.807) is 24.4 Å². The summed E-state index contributed by atoms with van der Waals surface area (Å²) in [6, 6.07) is 5.51. The number of alkyl halides is 3. The van der Waals surface area contributed by atoms with Crippen LogP contribution in [-0.2, 0) is 4.79 Å². The SMILES string of the molecule is C[C@@H](NCC(=O)NCC(F)(F)F)c1ccccc1F. The second kappa shape index (κ2) is 6.51. The quantitative estimate of drug-likeness (QED) is 0.810. The van der Waals surface area contributed by atoms with Crippen molar-refractivity contribution >= 4 is 5.91 Å². The molecule has 0 fully saturated rings. The Labute approximate surface area is 108 Å². The first-order valence-electron chi connectivity index (χ1n) is 5.61. The van der Waals surface area contributed by atoms with Crippen LogP contribution in [0.3, 0.4) is 0 Å². The molecule has 2 N–H and O–H groups in total. The first-order valence-corrected chi connectivity index (χ1v) is 5.61. The zero-order valence-electron chi connectivity index (χ0n) is 10.2. The van der Waals surface area contributed by atoms with Gasteiger partial charge in [0, 0.05) is 11.6 Å². The van der Waals surface area contributed by atoms with Gasteiger partial charge < -0.3 is 10.6 Å². The van der Waals surface area contributed by atoms with Crippen molar-refractivity contribution in [3.63, 3.8) is 0 Å². The average Bonchev–Trinajstić information content (AvgIpc) is 2.33. The Hall–Kier alpha value is -1.63. The van der Waals surface area contributed by atoms with Crippen molar-refractivity contribution in [1.82, 2.24) is 10.6 Å². The molecule has 7 heteroatoms. The summed E-state index contributed by atoms with van der Waals surface area (Å²) >= 11 is 0. The highest BCUT2D eigenvalue weighted by molar-refractivity contribution is 5.78. The molecule has 0 spiro atoms. The predicted molar refractivity (Wildman–Crippen MR) is 61.9 cm³/mol. The third-order valence-electron chi connectivity index (χ3n) is 2.43. The lowest BCUT2D eigenvalue weighted by atomic mass is 10.1. The molecule has 1 aromatic rings. The van der Waals surface area contributed by atoms with Crippen LogP contribution in [0.15, 0.2) is 24.3 Å². The van der Waals surface area contributed by atoms with Crippen LogP contribution < -0.4 is 10.6 Å². The maximum atomic E-state index is 13.4. The second-order valence-corrected chi connectivity index (χ2v) is 4.02. The van der Waals surface area contributed by atoms with Crippen LogP contribution in [0.5, 0.6) is 0 Å². The number of nitrogens with one attached hydrogen (secondary N) is 2. The van der Waals surface area contributed by atoms with Crippen LogP contribution in [0.25, 0.3) is 0 Å². The molecule has 106 valence electrons. The average molecular weight is 278 g/mol. The molecule has 3 nitrogen and oxygen atoms in total. The highest BCUT2D eigenvalue weighted by Gasteiger charge is 2.27. The number of amides is 1. The van der Waals surface area contributed by atoms with Crippen LogP contribution in [0.1, 0.15) is 18.5 Å². The predicted octanol–water partition coefficient (Wildman–Crippen LogP) is 2.15. The Kier molecular flexibility index (Phi) is 5.29. The molecule has 1 rings (SSSR count). The van der Waals surface area contributed by atoms with Crippen molar-refractivity contribution in [2.45, 2.75) is 19.1 Å². The van der Waals surface area contributed by atoms with Crippen LogP contribution >= 0.6 is 0 Å². The Morgan fingerprint density at radius 1 is 1.32 bits per heavy atom. The summed E-state index contributed by atoms with van der Waals surface area (Å²) < 4.78 is 48.9. The molecule has 0 aromatic heterocycles. The van der Waals surface area contributed by atoms with Crippen LogP contribution in [0.2, 0.25) is 0 Å². The number of rotatable bonds is 5. The maximum absolute atomic E-state index is 13.4. The van der Waals surface area contributed by atoms with Gasteiger partial charge in [-0.1, -0.05) is 18.2 Å². The highest BCUT2D eigenvalue weighted by atomic mass is 19.4. The molecule has 0 unspecified atom stereocenters. The third kappa shape index (κ3) is 5.69. The van der Waals surface area contributed by atoms with Crippen LogP contribution in [0.4, 0.5) is 17.6 Å². The minimum atomic E-state index is -4.44. The molecule has 0 saturated heterocycles. The number of benzene rings is 1. The molecule has 0 radical (unpaired) electrons. The molecule has 19 heavy (non-hydrogen) atoms. The molecule has 0 saturated carbocycles. The van der Waals surface area contributed by atoms with Crippen LogP contribution in [0, 0.1) is 5.82 Å². The van der Waals surface area contributed by atoms with Crippen molar-refractivity contribution in [3.8, 4) is 0 Å². The third-order valence-corrected chi connectivity index (χ3v) is 2.43. The molecule has 0 heterocycles. The topological polar surface area (TPSA) is 41.1 Å². The fourth-order valence-electron chi connectivity index (χ4n) is 1.44. The molecule has 0 bridgehead atoms. The second-order valence-electron chi connectivity index (χ2n) is 4.02. The van der Waals surface area contributed by atoms with Crippen molar-refractivity contribution in [2.24, 2.45) is 0 Å². The summed E-state index contributed by atoms with van der Waals surface area (Å²) in [5.41, 5.74) is 0.353. The van der Waals surface area contributed by atoms with Gasteiger partial charge >= 0.3 is 6.18 Å². The van der Waals surface area contributed by atoms with Gasteiger partial charge in [-0.2, -0.15) is 13.2 Å². The number of halogens is 4. The number of hydrogen-bond donors (Lipinski definition) is 2. The highest BCUT2D eigenvalue weighted by Crippen LogP contribution is 2.15. The minimum Gasteiger partial charge on any atom is -0.346 e. The van der Waals surface area contributed by atoms with Gasteiger partial charge in [0.25, 0.3) is 0 Å². The van der Waals surface area contributed by atoms with Gasteiger partial charge in [0.05, 0.1) is 6.54 Å². The number of carbonyl (C=O) groups excluding carboxylic acids is 1. The standard InChI is InChI=1S/C12H14F4N2O/c1-8(9-4-2-3-5-10(9)13)17-6-11(19)18-7-12(14,15)16/h2-5,8,17H,6-7H2,1H3,(H,18,19)/t8-/m1/s1. The first kappa shape index (κ1) is 15.4. The summed E-state index contributed by atoms with van der Waals surface area (Å²) in [5.74, 6) is -1.22. The van der Waals surface area contributed by atoms with Crippen molar-refractivity contribution in [3.05, 3.63) is 35.6 Å². The van der Waals surface area contributed by atoms with E-state index >= 15 is 0 Å². The summed E-state index contributed by atoms with van der Waals surface area (Å²) in [5, 5.41) is 4.38. The van der Waals surface area contributed by atoms with Gasteiger partial charge in [-0.25, -0.2) is 4.39 Å². The van der Waals surface area contributed by atoms with Gasteiger partial charge in [-0.15, -0.1) is 0 Å². The zero-order valence-corrected chi connectivity index (χ0v) is 10.2. The molecular weight excluding hydrogens is 264 g/mol. The zero-order chi connectivity index (χ0) is 14.5. The molecular formula is C12H14F4N2O. The van der Waals surface area contributed by atoms with Gasteiger partial charge in [0.2, 0.25) is 5.91 Å². The largest absolute Gasteiger partial charge is 0.405 e. The molecule has 0 aliphatic heterocycles. The van der Waals surface area contributed by atoms with Crippen molar-refractivity contribution < 1.29 is 22.4 Å². The van der Waals surface area contributed by atoms with E-state index in [9.17, 15) is 22.4 Å². The number of carbonyl (C=O) groups is 1. The fraction of sp³-hybridized carbons (Fsp3) is 0.417. The van der Waals surface area contributed by atoms with E-state index in [1.165, 1.54) is 12.1 Å². The Balaban J connectivity index is 2.40. The van der Waals surface area contributed by atoms with E-state index in [0.29, 0.717) is 5.56 Å². The van der Waals surface area contributed by atoms with E-state index in [1.807, 2.05) is 0 Å². The summed E-state index contributed by atoms with van der Waals surface area (Å²) in [7, 11) is 0. The Morgan fingerprint density at radius 3 is 2.53 bits per heavy atom. The summed E-state index contributed by atoms with van der Waals surface area (Å²) in [6.07, 6.45) is -4.44. The smallest absolute Gasteiger partial charge is 0.346 e. The van der Waals surface area contributed by atoms with E-state index in [-0.39, 0.29) is 6.54 Å². The Bertz CT molecular complexity index is 434. The normalized spacial score (nSPS) is 13.1. The monoisotopic (exact) mass is 278 g/mol. The van der Waals surface area contributed by atoms with E-state index in [2.05, 4.69) is 5.32 Å².